The predicted octanol–water partition coefficient (Wildman–Crippen LogP) is 3.66. The van der Waals surface area contributed by atoms with Crippen LogP contribution in [0.3, 0.4) is 0 Å². The number of amides is 1. The first kappa shape index (κ1) is 19.0. The Kier molecular flexibility index (Phi) is 5.25. The summed E-state index contributed by atoms with van der Waals surface area (Å²) in [5.74, 6) is -0.978. The fraction of sp³-hybridized carbons (Fsp3) is 0.444. The number of hydrogen-bond donors (Lipinski definition) is 0. The van der Waals surface area contributed by atoms with Crippen molar-refractivity contribution in [3.05, 3.63) is 47.5 Å². The van der Waals surface area contributed by atoms with E-state index in [1.165, 1.54) is 17.0 Å². The fourth-order valence-electron chi connectivity index (χ4n) is 2.57. The Balaban J connectivity index is 2.11. The second kappa shape index (κ2) is 6.90. The number of benzene rings is 1. The van der Waals surface area contributed by atoms with Crippen LogP contribution >= 0.6 is 0 Å². The number of esters is 1. The van der Waals surface area contributed by atoms with Gasteiger partial charge in [-0.2, -0.15) is 13.2 Å². The molecule has 4 nitrogen and oxygen atoms in total. The molecule has 1 aliphatic carbocycles. The van der Waals surface area contributed by atoms with E-state index in [2.05, 4.69) is 6.58 Å². The van der Waals surface area contributed by atoms with Gasteiger partial charge in [0.2, 0.25) is 5.91 Å². The van der Waals surface area contributed by atoms with Crippen molar-refractivity contribution in [2.45, 2.75) is 37.5 Å². The molecule has 136 valence electrons. The van der Waals surface area contributed by atoms with E-state index in [0.29, 0.717) is 18.4 Å². The Morgan fingerprint density at radius 2 is 1.76 bits per heavy atom. The molecule has 0 heterocycles. The van der Waals surface area contributed by atoms with E-state index in [0.717, 1.165) is 18.6 Å². The smallest absolute Gasteiger partial charge is 0.416 e. The molecule has 0 N–H and O–H groups in total. The van der Waals surface area contributed by atoms with Crippen LogP contribution in [0.15, 0.2) is 36.4 Å². The second-order valence-corrected chi connectivity index (χ2v) is 6.38. The van der Waals surface area contributed by atoms with E-state index in [1.54, 1.807) is 14.1 Å². The monoisotopic (exact) mass is 355 g/mol. The first-order chi connectivity index (χ1) is 11.5. The molecule has 1 aromatic carbocycles. The highest BCUT2D eigenvalue weighted by atomic mass is 19.4. The number of nitrogens with zero attached hydrogens (tertiary/aromatic N) is 1. The van der Waals surface area contributed by atoms with Gasteiger partial charge in [-0.3, -0.25) is 4.79 Å². The Morgan fingerprint density at radius 1 is 1.20 bits per heavy atom. The van der Waals surface area contributed by atoms with Gasteiger partial charge >= 0.3 is 12.1 Å². The maximum Gasteiger partial charge on any atom is 0.416 e. The van der Waals surface area contributed by atoms with Gasteiger partial charge in [0, 0.05) is 19.7 Å². The molecule has 0 atom stereocenters. The summed E-state index contributed by atoms with van der Waals surface area (Å²) in [5.41, 5.74) is -1.15. The van der Waals surface area contributed by atoms with Crippen molar-refractivity contribution in [1.82, 2.24) is 4.90 Å². The standard InChI is InChI=1S/C18H20F3NO3/c1-12(11-15(23)22(2)3)16(24)25-17(9-4-10-17)13-5-7-14(8-6-13)18(19,20)21/h5-8H,1,4,9-11H2,2-3H3. The zero-order valence-electron chi connectivity index (χ0n) is 14.2. The second-order valence-electron chi connectivity index (χ2n) is 6.38. The minimum Gasteiger partial charge on any atom is -0.451 e. The average molecular weight is 355 g/mol. The minimum absolute atomic E-state index is 0.0249. The van der Waals surface area contributed by atoms with Crippen molar-refractivity contribution >= 4 is 11.9 Å². The van der Waals surface area contributed by atoms with E-state index in [4.69, 9.17) is 4.74 Å². The van der Waals surface area contributed by atoms with Gasteiger partial charge in [-0.05, 0) is 37.0 Å². The number of ether oxygens (including phenoxy) is 1. The average Bonchev–Trinajstić information content (AvgIpc) is 2.49. The molecule has 0 bridgehead atoms. The zero-order chi connectivity index (χ0) is 18.8. The molecule has 1 fully saturated rings. The fourth-order valence-corrected chi connectivity index (χ4v) is 2.57. The third-order valence-electron chi connectivity index (χ3n) is 4.34. The lowest BCUT2D eigenvalue weighted by Crippen LogP contribution is -2.39. The highest BCUT2D eigenvalue weighted by Gasteiger charge is 2.43. The Morgan fingerprint density at radius 3 is 2.16 bits per heavy atom. The van der Waals surface area contributed by atoms with Crippen LogP contribution < -0.4 is 0 Å². The van der Waals surface area contributed by atoms with Crippen LogP contribution in [-0.4, -0.2) is 30.9 Å². The molecular weight excluding hydrogens is 335 g/mol. The number of alkyl halides is 3. The molecule has 0 spiro atoms. The molecule has 0 aromatic heterocycles. The quantitative estimate of drug-likeness (QED) is 0.598. The summed E-state index contributed by atoms with van der Waals surface area (Å²) < 4.78 is 43.6. The lowest BCUT2D eigenvalue weighted by atomic mass is 9.74. The summed E-state index contributed by atoms with van der Waals surface area (Å²) in [6, 6.07) is 4.63. The number of halogens is 3. The van der Waals surface area contributed by atoms with Gasteiger partial charge in [0.05, 0.1) is 12.0 Å². The molecule has 1 aromatic rings. The maximum absolute atomic E-state index is 12.7. The van der Waals surface area contributed by atoms with Crippen molar-refractivity contribution < 1.29 is 27.5 Å². The van der Waals surface area contributed by atoms with E-state index in [1.807, 2.05) is 0 Å². The Hall–Kier alpha value is -2.31. The Bertz CT molecular complexity index is 674. The topological polar surface area (TPSA) is 46.6 Å². The van der Waals surface area contributed by atoms with Gasteiger partial charge in [0.15, 0.2) is 0 Å². The summed E-state index contributed by atoms with van der Waals surface area (Å²) >= 11 is 0. The zero-order valence-corrected chi connectivity index (χ0v) is 14.2. The Labute approximate surface area is 144 Å². The van der Waals surface area contributed by atoms with Crippen LogP contribution in [0.5, 0.6) is 0 Å². The summed E-state index contributed by atoms with van der Waals surface area (Å²) in [4.78, 5) is 25.2. The van der Waals surface area contributed by atoms with Crippen LogP contribution in [0, 0.1) is 0 Å². The molecule has 0 unspecified atom stereocenters. The number of rotatable bonds is 5. The van der Waals surface area contributed by atoms with E-state index in [-0.39, 0.29) is 17.9 Å². The van der Waals surface area contributed by atoms with Crippen molar-refractivity contribution in [3.8, 4) is 0 Å². The van der Waals surface area contributed by atoms with Gasteiger partial charge in [-0.1, -0.05) is 18.7 Å². The van der Waals surface area contributed by atoms with E-state index in [9.17, 15) is 22.8 Å². The summed E-state index contributed by atoms with van der Waals surface area (Å²) in [7, 11) is 3.13. The van der Waals surface area contributed by atoms with E-state index >= 15 is 0 Å². The number of hydrogen-bond acceptors (Lipinski definition) is 3. The largest absolute Gasteiger partial charge is 0.451 e. The van der Waals surface area contributed by atoms with E-state index < -0.39 is 23.3 Å². The third kappa shape index (κ3) is 4.21. The molecule has 1 aliphatic rings. The molecule has 25 heavy (non-hydrogen) atoms. The van der Waals surface area contributed by atoms with Crippen molar-refractivity contribution in [3.63, 3.8) is 0 Å². The van der Waals surface area contributed by atoms with Crippen LogP contribution in [0.1, 0.15) is 36.8 Å². The van der Waals surface area contributed by atoms with Gasteiger partial charge in [-0.25, -0.2) is 4.79 Å². The molecule has 2 rings (SSSR count). The minimum atomic E-state index is -4.41. The molecular formula is C18H20F3NO3. The van der Waals surface area contributed by atoms with Gasteiger partial charge < -0.3 is 9.64 Å². The van der Waals surface area contributed by atoms with Crippen LogP contribution in [-0.2, 0) is 26.1 Å². The third-order valence-corrected chi connectivity index (χ3v) is 4.34. The SMILES string of the molecule is C=C(CC(=O)N(C)C)C(=O)OC1(c2ccc(C(F)(F)F)cc2)CCC1. The molecule has 1 amide bonds. The molecule has 7 heteroatoms. The normalized spacial score (nSPS) is 15.9. The summed E-state index contributed by atoms with van der Waals surface area (Å²) in [5, 5.41) is 0. The summed E-state index contributed by atoms with van der Waals surface area (Å²) in [6.07, 6.45) is -2.72. The molecule has 0 aliphatic heterocycles. The predicted molar refractivity (Wildman–Crippen MR) is 85.5 cm³/mol. The van der Waals surface area contributed by atoms with Crippen LogP contribution in [0.25, 0.3) is 0 Å². The lowest BCUT2D eigenvalue weighted by Gasteiger charge is -2.41. The van der Waals surface area contributed by atoms with Gasteiger partial charge in [0.1, 0.15) is 5.60 Å². The van der Waals surface area contributed by atoms with Gasteiger partial charge in [-0.15, -0.1) is 0 Å². The number of carbonyl (C=O) groups excluding carboxylic acids is 2. The van der Waals surface area contributed by atoms with Crippen molar-refractivity contribution in [2.75, 3.05) is 14.1 Å². The molecule has 1 saturated carbocycles. The number of carbonyl (C=O) groups is 2. The molecule has 0 radical (unpaired) electrons. The summed E-state index contributed by atoms with van der Waals surface area (Å²) in [6.45, 7) is 3.59. The highest BCUT2D eigenvalue weighted by molar-refractivity contribution is 5.94. The first-order valence-corrected chi connectivity index (χ1v) is 7.84. The highest BCUT2D eigenvalue weighted by Crippen LogP contribution is 2.45. The van der Waals surface area contributed by atoms with Crippen LogP contribution in [0.2, 0.25) is 0 Å². The van der Waals surface area contributed by atoms with Gasteiger partial charge in [0.25, 0.3) is 0 Å². The maximum atomic E-state index is 12.7. The van der Waals surface area contributed by atoms with Crippen LogP contribution in [0.4, 0.5) is 13.2 Å². The van der Waals surface area contributed by atoms with Crippen molar-refractivity contribution in [2.24, 2.45) is 0 Å². The molecule has 0 saturated heterocycles. The van der Waals surface area contributed by atoms with Crippen molar-refractivity contribution in [1.29, 1.82) is 0 Å². The first-order valence-electron chi connectivity index (χ1n) is 7.84. The lowest BCUT2D eigenvalue weighted by molar-refractivity contribution is -0.167.